The summed E-state index contributed by atoms with van der Waals surface area (Å²) in [4.78, 5) is 175. The molecule has 32 nitrogen and oxygen atoms in total. The number of unbranched alkanes of at least 4 members (excludes halogenated alkanes) is 1. The summed E-state index contributed by atoms with van der Waals surface area (Å²) in [7, 11) is 0. The van der Waals surface area contributed by atoms with Crippen molar-refractivity contribution in [2.75, 3.05) is 65.7 Å². The van der Waals surface area contributed by atoms with Crippen LogP contribution in [0.5, 0.6) is 0 Å². The van der Waals surface area contributed by atoms with Gasteiger partial charge < -0.3 is 85.1 Å². The molecule has 404 valence electrons. The predicted octanol–water partition coefficient (Wildman–Crippen LogP) is -10.2. The van der Waals surface area contributed by atoms with Crippen molar-refractivity contribution in [3.63, 3.8) is 0 Å². The van der Waals surface area contributed by atoms with Gasteiger partial charge in [0.05, 0.1) is 49.0 Å². The largest absolute Gasteiger partial charge is 0.421 e. The Hall–Kier alpha value is -7.00. The van der Waals surface area contributed by atoms with Crippen molar-refractivity contribution in [2.45, 2.75) is 113 Å². The van der Waals surface area contributed by atoms with Crippen molar-refractivity contribution in [3.05, 3.63) is 9.81 Å². The Morgan fingerprint density at radius 3 is 1.74 bits per heavy atom. The molecule has 0 radical (unpaired) electrons. The molecule has 8 atom stereocenters. The molecule has 72 heavy (non-hydrogen) atoms. The van der Waals surface area contributed by atoms with E-state index in [4.69, 9.17) is 11.5 Å². The minimum atomic E-state index is -1.86. The van der Waals surface area contributed by atoms with Crippen LogP contribution in [0.2, 0.25) is 0 Å². The van der Waals surface area contributed by atoms with E-state index >= 15 is 0 Å². The van der Waals surface area contributed by atoms with Crippen LogP contribution in [0.1, 0.15) is 64.2 Å². The third-order valence-corrected chi connectivity index (χ3v) is 10.5. The number of nitrogens with two attached hydrogens (primary N) is 2. The van der Waals surface area contributed by atoms with E-state index in [-0.39, 0.29) is 93.3 Å². The fourth-order valence-corrected chi connectivity index (χ4v) is 6.49. The number of nitrogens with zero attached hydrogens (tertiary/aromatic N) is 2. The van der Waals surface area contributed by atoms with E-state index in [9.17, 15) is 87.8 Å². The lowest BCUT2D eigenvalue weighted by atomic mass is 10.1. The average Bonchev–Trinajstić information content (AvgIpc) is 3.37. The number of rotatable bonds is 32. The topological polar surface area (TPSA) is 498 Å². The maximum atomic E-state index is 13.4. The molecule has 0 aromatic rings. The van der Waals surface area contributed by atoms with E-state index in [1.165, 1.54) is 0 Å². The number of hydrogen-bond acceptors (Lipinski definition) is 20. The van der Waals surface area contributed by atoms with E-state index in [2.05, 4.69) is 53.2 Å². The highest BCUT2D eigenvalue weighted by atomic mass is 16.3. The number of nitroso groups, excluding NO2 is 2. The lowest BCUT2D eigenvalue weighted by molar-refractivity contribution is -0.454. The minimum Gasteiger partial charge on any atom is -0.394 e. The van der Waals surface area contributed by atoms with Gasteiger partial charge in [-0.15, -0.1) is 0 Å². The summed E-state index contributed by atoms with van der Waals surface area (Å²) in [6.07, 6.45) is 0.478. The Balaban J connectivity index is 3.06. The monoisotopic (exact) mass is 1030 g/mol. The van der Waals surface area contributed by atoms with E-state index in [0.717, 1.165) is 0 Å². The second-order valence-corrected chi connectivity index (χ2v) is 16.2. The van der Waals surface area contributed by atoms with Crippen molar-refractivity contribution in [3.8, 4) is 0 Å². The third kappa shape index (κ3) is 24.2. The van der Waals surface area contributed by atoms with Crippen molar-refractivity contribution < 1.29 is 87.5 Å². The molecule has 1 fully saturated rings. The standard InChI is InChI=1S/C40H66N14O18/c41-11-3-1-7-24(48-33(63)23(42)17-55)34(64)44-15-31(61)47-26(9-5-13-53(71)21-59)38(68)52-30(20-58)40(70)51-29(19-57)36(66)45-16-32(62)46-25-8-2-4-12-43-35(65)28(18-56)50-39(69)27(49-37(25)67)10-6-14-54(72)22-60/h21-30,55-58H,1-20,41-42H2,(H8-2,43,44,45,46,47,48,49,50,51,52,61,62,63,64,65,66,67,68,69,70)/p+2/t23-,24+,25+,26+,27-,28+,29-,30+/m1/s1. The van der Waals surface area contributed by atoms with Crippen molar-refractivity contribution in [1.29, 1.82) is 0 Å². The molecule has 1 aliphatic rings. The summed E-state index contributed by atoms with van der Waals surface area (Å²) < 4.78 is 0.0410. The lowest BCUT2D eigenvalue weighted by Crippen LogP contribution is -2.59. The first-order valence-corrected chi connectivity index (χ1v) is 22.9. The van der Waals surface area contributed by atoms with Crippen LogP contribution < -0.4 is 64.6 Å². The second-order valence-electron chi connectivity index (χ2n) is 16.2. The molecule has 0 aromatic carbocycles. The Labute approximate surface area is 411 Å². The molecule has 0 bridgehead atoms. The molecule has 32 heteroatoms. The molecule has 0 saturated carbocycles. The van der Waals surface area contributed by atoms with Crippen LogP contribution in [-0.4, -0.2) is 216 Å². The van der Waals surface area contributed by atoms with Gasteiger partial charge in [0.2, 0.25) is 72.2 Å². The molecule has 0 spiro atoms. The summed E-state index contributed by atoms with van der Waals surface area (Å²) in [6.45, 7) is -5.83. The third-order valence-electron chi connectivity index (χ3n) is 10.5. The van der Waals surface area contributed by atoms with E-state index in [1.807, 2.05) is 0 Å². The molecule has 1 saturated heterocycles. The van der Waals surface area contributed by atoms with Crippen LogP contribution in [0, 0.1) is 9.81 Å². The van der Waals surface area contributed by atoms with Crippen LogP contribution in [0.4, 0.5) is 0 Å². The molecule has 0 aromatic heterocycles. The molecule has 1 rings (SSSR count). The zero-order chi connectivity index (χ0) is 54.2. The molecule has 0 aliphatic carbocycles. The molecular weight excluding hydrogens is 965 g/mol. The van der Waals surface area contributed by atoms with Crippen LogP contribution in [0.25, 0.3) is 0 Å². The number of carbonyl (C=O) groups excluding carboxylic acids is 12. The first kappa shape index (κ1) is 63.0. The first-order valence-electron chi connectivity index (χ1n) is 22.9. The maximum absolute atomic E-state index is 13.4. The van der Waals surface area contributed by atoms with Gasteiger partial charge in [-0.05, 0) is 57.9 Å². The number of carbonyl (C=O) groups is 12. The Morgan fingerprint density at radius 2 is 1.15 bits per heavy atom. The van der Waals surface area contributed by atoms with Gasteiger partial charge in [0.1, 0.15) is 48.3 Å². The van der Waals surface area contributed by atoms with Crippen LogP contribution in [-0.2, 0) is 57.5 Å². The summed E-state index contributed by atoms with van der Waals surface area (Å²) in [5, 5.41) is 61.8. The normalized spacial score (nSPS) is 18.3. The lowest BCUT2D eigenvalue weighted by Gasteiger charge is -2.24. The summed E-state index contributed by atoms with van der Waals surface area (Å²) in [5.41, 5.74) is 11.0. The Kier molecular flexibility index (Phi) is 30.8. The highest BCUT2D eigenvalue weighted by Crippen LogP contribution is 2.07. The van der Waals surface area contributed by atoms with Gasteiger partial charge >= 0.3 is 12.8 Å². The Bertz CT molecular complexity index is 1910. The number of hydrogen-bond donors (Lipinski definition) is 16. The van der Waals surface area contributed by atoms with E-state index in [1.54, 1.807) is 0 Å². The van der Waals surface area contributed by atoms with Gasteiger partial charge in [-0.2, -0.15) is 0 Å². The predicted molar refractivity (Wildman–Crippen MR) is 243 cm³/mol. The van der Waals surface area contributed by atoms with Gasteiger partial charge in [-0.25, -0.2) is 9.59 Å². The zero-order valence-electron chi connectivity index (χ0n) is 39.5. The highest BCUT2D eigenvalue weighted by molar-refractivity contribution is 5.97. The van der Waals surface area contributed by atoms with Gasteiger partial charge in [-0.3, -0.25) is 47.9 Å². The zero-order valence-corrected chi connectivity index (χ0v) is 39.5. The highest BCUT2D eigenvalue weighted by Gasteiger charge is 2.33. The number of aliphatic hydroxyl groups excluding tert-OH is 4. The first-order chi connectivity index (χ1) is 34.3. The summed E-state index contributed by atoms with van der Waals surface area (Å²) in [5.74, 6) is -9.77. The van der Waals surface area contributed by atoms with E-state index < -0.39 is 153 Å². The quantitative estimate of drug-likeness (QED) is 0.0169. The number of amides is 12. The average molecular weight is 1030 g/mol. The second kappa shape index (κ2) is 35.2. The fourth-order valence-electron chi connectivity index (χ4n) is 6.49. The summed E-state index contributed by atoms with van der Waals surface area (Å²) >= 11 is 0. The van der Waals surface area contributed by atoms with Crippen LogP contribution >= 0.6 is 0 Å². The molecule has 1 aliphatic heterocycles. The fraction of sp³-hybridized carbons (Fsp3) is 0.700. The molecule has 0 unspecified atom stereocenters. The van der Waals surface area contributed by atoms with Crippen molar-refractivity contribution in [1.82, 2.24) is 53.2 Å². The minimum absolute atomic E-state index is 0.00116. The van der Waals surface area contributed by atoms with Gasteiger partial charge in [0.15, 0.2) is 0 Å². The van der Waals surface area contributed by atoms with Gasteiger partial charge in [-0.1, -0.05) is 0 Å². The van der Waals surface area contributed by atoms with Gasteiger partial charge in [0.25, 0.3) is 0 Å². The smallest absolute Gasteiger partial charge is 0.394 e. The van der Waals surface area contributed by atoms with Crippen LogP contribution in [0.15, 0.2) is 0 Å². The van der Waals surface area contributed by atoms with Gasteiger partial charge in [0, 0.05) is 29.2 Å². The Morgan fingerprint density at radius 1 is 0.625 bits per heavy atom. The van der Waals surface area contributed by atoms with Crippen molar-refractivity contribution >= 4 is 71.9 Å². The summed E-state index contributed by atoms with van der Waals surface area (Å²) in [6, 6.07) is -12.0. The maximum Gasteiger partial charge on any atom is 0.421 e. The van der Waals surface area contributed by atoms with E-state index in [0.29, 0.717) is 12.8 Å². The molecular formula is C40H68N14O18+2. The molecule has 18 N–H and O–H groups in total. The SMILES string of the molecule is NCCCC[C@H](NC(=O)[C@H](N)CO)C(=O)NCC(=O)N[C@@H](CCC[N+](=O)C=O)C(=O)N[C@@H](CO)C(=O)N[C@H](CO)C(=O)NCC(=O)N[C@H]1CCCCNC(=O)[C@H](CO)NC(=O)[C@@H](CCC[N+](=O)C=O)NC1=O. The number of nitrogens with one attached hydrogen (secondary N) is 10. The molecule has 1 heterocycles. The number of aliphatic hydroxyl groups is 4. The van der Waals surface area contributed by atoms with Crippen molar-refractivity contribution in [2.24, 2.45) is 11.5 Å². The van der Waals surface area contributed by atoms with Crippen LogP contribution in [0.3, 0.4) is 0 Å². The molecule has 12 amide bonds.